The summed E-state index contributed by atoms with van der Waals surface area (Å²) in [5.74, 6) is -0.0981. The SMILES string of the molecule is CC1(C(=O)NC2(CO)CC2)COCC1N. The maximum atomic E-state index is 12.0. The molecule has 5 nitrogen and oxygen atoms in total. The van der Waals surface area contributed by atoms with Crippen LogP contribution in [0.4, 0.5) is 0 Å². The standard InChI is InChI=1S/C10H18N2O3/c1-9(6-15-4-7(9)11)8(14)12-10(5-13)2-3-10/h7,13H,2-6,11H2,1H3,(H,12,14). The predicted molar refractivity (Wildman–Crippen MR) is 54.1 cm³/mol. The van der Waals surface area contributed by atoms with Crippen molar-refractivity contribution in [3.63, 3.8) is 0 Å². The fourth-order valence-electron chi connectivity index (χ4n) is 1.78. The normalized spacial score (nSPS) is 37.7. The molecule has 2 aliphatic rings. The third-order valence-corrected chi connectivity index (χ3v) is 3.57. The average molecular weight is 214 g/mol. The highest BCUT2D eigenvalue weighted by atomic mass is 16.5. The minimum atomic E-state index is -0.648. The van der Waals surface area contributed by atoms with Gasteiger partial charge in [-0.15, -0.1) is 0 Å². The summed E-state index contributed by atoms with van der Waals surface area (Å²) in [6.07, 6.45) is 1.70. The smallest absolute Gasteiger partial charge is 0.230 e. The van der Waals surface area contributed by atoms with Crippen molar-refractivity contribution in [2.45, 2.75) is 31.3 Å². The largest absolute Gasteiger partial charge is 0.394 e. The van der Waals surface area contributed by atoms with E-state index in [2.05, 4.69) is 5.32 Å². The lowest BCUT2D eigenvalue weighted by Crippen LogP contribution is -2.54. The highest BCUT2D eigenvalue weighted by Crippen LogP contribution is 2.37. The Morgan fingerprint density at radius 1 is 1.67 bits per heavy atom. The highest BCUT2D eigenvalue weighted by Gasteiger charge is 2.50. The van der Waals surface area contributed by atoms with E-state index in [1.54, 1.807) is 0 Å². The van der Waals surface area contributed by atoms with Gasteiger partial charge in [-0.1, -0.05) is 0 Å². The molecule has 0 aromatic rings. The van der Waals surface area contributed by atoms with Gasteiger partial charge in [-0.2, -0.15) is 0 Å². The van der Waals surface area contributed by atoms with Crippen LogP contribution in [0.1, 0.15) is 19.8 Å². The summed E-state index contributed by atoms with van der Waals surface area (Å²) in [5.41, 5.74) is 4.83. The van der Waals surface area contributed by atoms with Crippen LogP contribution in [0.5, 0.6) is 0 Å². The van der Waals surface area contributed by atoms with Gasteiger partial charge >= 0.3 is 0 Å². The number of ether oxygens (including phenoxy) is 1. The fourth-order valence-corrected chi connectivity index (χ4v) is 1.78. The molecule has 0 radical (unpaired) electrons. The lowest BCUT2D eigenvalue weighted by Gasteiger charge is -2.28. The van der Waals surface area contributed by atoms with Gasteiger partial charge in [-0.25, -0.2) is 0 Å². The second-order valence-electron chi connectivity index (χ2n) is 4.93. The zero-order chi connectivity index (χ0) is 11.1. The van der Waals surface area contributed by atoms with Crippen LogP contribution in [0.15, 0.2) is 0 Å². The van der Waals surface area contributed by atoms with Crippen molar-refractivity contribution in [1.29, 1.82) is 0 Å². The molecule has 86 valence electrons. The number of aliphatic hydroxyl groups is 1. The van der Waals surface area contributed by atoms with Crippen molar-refractivity contribution in [1.82, 2.24) is 5.32 Å². The summed E-state index contributed by atoms with van der Waals surface area (Å²) in [6.45, 7) is 2.61. The molecular weight excluding hydrogens is 196 g/mol. The number of nitrogens with one attached hydrogen (secondary N) is 1. The lowest BCUT2D eigenvalue weighted by molar-refractivity contribution is -0.132. The number of amides is 1. The Hall–Kier alpha value is -0.650. The number of nitrogens with two attached hydrogens (primary N) is 1. The van der Waals surface area contributed by atoms with E-state index < -0.39 is 5.41 Å². The van der Waals surface area contributed by atoms with Crippen LogP contribution in [-0.4, -0.2) is 42.4 Å². The third-order valence-electron chi connectivity index (χ3n) is 3.57. The zero-order valence-corrected chi connectivity index (χ0v) is 8.95. The molecule has 2 rings (SSSR count). The first-order chi connectivity index (χ1) is 7.02. The monoisotopic (exact) mass is 214 g/mol. The topological polar surface area (TPSA) is 84.6 Å². The van der Waals surface area contributed by atoms with Gasteiger partial charge in [0.15, 0.2) is 0 Å². The van der Waals surface area contributed by atoms with E-state index in [-0.39, 0.29) is 24.1 Å². The first kappa shape index (κ1) is 10.9. The number of carbonyl (C=O) groups excluding carboxylic acids is 1. The molecule has 1 saturated carbocycles. The Kier molecular flexibility index (Phi) is 2.48. The number of carbonyl (C=O) groups is 1. The van der Waals surface area contributed by atoms with Crippen LogP contribution in [0.2, 0.25) is 0 Å². The van der Waals surface area contributed by atoms with E-state index in [4.69, 9.17) is 15.6 Å². The van der Waals surface area contributed by atoms with Crippen LogP contribution in [-0.2, 0) is 9.53 Å². The van der Waals surface area contributed by atoms with Gasteiger partial charge in [0, 0.05) is 6.04 Å². The molecule has 4 N–H and O–H groups in total. The molecule has 1 aliphatic heterocycles. The fraction of sp³-hybridized carbons (Fsp3) is 0.900. The molecule has 2 atom stereocenters. The summed E-state index contributed by atoms with van der Waals surface area (Å²) in [4.78, 5) is 12.0. The van der Waals surface area contributed by atoms with E-state index in [9.17, 15) is 4.79 Å². The van der Waals surface area contributed by atoms with Crippen molar-refractivity contribution < 1.29 is 14.6 Å². The Labute approximate surface area is 89.0 Å². The molecule has 0 bridgehead atoms. The van der Waals surface area contributed by atoms with E-state index in [1.807, 2.05) is 6.92 Å². The van der Waals surface area contributed by atoms with E-state index in [0.717, 1.165) is 12.8 Å². The molecule has 1 saturated heterocycles. The third kappa shape index (κ3) is 1.75. The molecule has 15 heavy (non-hydrogen) atoms. The zero-order valence-electron chi connectivity index (χ0n) is 8.95. The first-order valence-corrected chi connectivity index (χ1v) is 5.29. The summed E-state index contributed by atoms with van der Waals surface area (Å²) in [6, 6.07) is -0.257. The van der Waals surface area contributed by atoms with Gasteiger partial charge in [0.05, 0.1) is 30.8 Å². The summed E-state index contributed by atoms with van der Waals surface area (Å²) < 4.78 is 5.21. The predicted octanol–water partition coefficient (Wildman–Crippen LogP) is -1.01. The number of hydrogen-bond donors (Lipinski definition) is 3. The van der Waals surface area contributed by atoms with Crippen molar-refractivity contribution in [2.75, 3.05) is 19.8 Å². The van der Waals surface area contributed by atoms with Gasteiger partial charge in [0.25, 0.3) is 0 Å². The summed E-state index contributed by atoms with van der Waals surface area (Å²) >= 11 is 0. The minimum Gasteiger partial charge on any atom is -0.394 e. The second-order valence-corrected chi connectivity index (χ2v) is 4.93. The van der Waals surface area contributed by atoms with Crippen molar-refractivity contribution >= 4 is 5.91 Å². The van der Waals surface area contributed by atoms with Crippen LogP contribution in [0.25, 0.3) is 0 Å². The van der Waals surface area contributed by atoms with Gasteiger partial charge in [0.1, 0.15) is 0 Å². The van der Waals surface area contributed by atoms with Crippen LogP contribution in [0, 0.1) is 5.41 Å². The molecule has 1 heterocycles. The number of rotatable bonds is 3. The van der Waals surface area contributed by atoms with Crippen molar-refractivity contribution in [3.05, 3.63) is 0 Å². The Balaban J connectivity index is 2.01. The maximum Gasteiger partial charge on any atom is 0.230 e. The van der Waals surface area contributed by atoms with Gasteiger partial charge in [-0.3, -0.25) is 4.79 Å². The molecule has 0 aromatic carbocycles. The van der Waals surface area contributed by atoms with Crippen molar-refractivity contribution in [2.24, 2.45) is 11.1 Å². The molecule has 0 aromatic heterocycles. The van der Waals surface area contributed by atoms with Gasteiger partial charge in [-0.05, 0) is 19.8 Å². The van der Waals surface area contributed by atoms with Crippen molar-refractivity contribution in [3.8, 4) is 0 Å². The lowest BCUT2D eigenvalue weighted by atomic mass is 9.84. The minimum absolute atomic E-state index is 0.00488. The molecule has 2 fully saturated rings. The van der Waals surface area contributed by atoms with Gasteiger partial charge < -0.3 is 20.9 Å². The molecule has 2 unspecified atom stereocenters. The molecule has 0 spiro atoms. The van der Waals surface area contributed by atoms with E-state index >= 15 is 0 Å². The van der Waals surface area contributed by atoms with Crippen LogP contribution >= 0.6 is 0 Å². The summed E-state index contributed by atoms with van der Waals surface area (Å²) in [5, 5.41) is 12.0. The van der Waals surface area contributed by atoms with Crippen LogP contribution < -0.4 is 11.1 Å². The van der Waals surface area contributed by atoms with E-state index in [1.165, 1.54) is 0 Å². The molecule has 1 aliphatic carbocycles. The molecule has 1 amide bonds. The highest BCUT2D eigenvalue weighted by molar-refractivity contribution is 5.84. The summed E-state index contributed by atoms with van der Waals surface area (Å²) in [7, 11) is 0. The first-order valence-electron chi connectivity index (χ1n) is 5.29. The Bertz CT molecular complexity index is 278. The average Bonchev–Trinajstić information content (AvgIpc) is 2.90. The van der Waals surface area contributed by atoms with Gasteiger partial charge in [0.2, 0.25) is 5.91 Å². The molecular formula is C10H18N2O3. The Morgan fingerprint density at radius 3 is 2.73 bits per heavy atom. The Morgan fingerprint density at radius 2 is 2.33 bits per heavy atom. The van der Waals surface area contributed by atoms with Crippen LogP contribution in [0.3, 0.4) is 0 Å². The van der Waals surface area contributed by atoms with E-state index in [0.29, 0.717) is 13.2 Å². The number of hydrogen-bond acceptors (Lipinski definition) is 4. The molecule has 5 heteroatoms. The quantitative estimate of drug-likeness (QED) is 0.562. The second kappa shape index (κ2) is 3.43. The maximum absolute atomic E-state index is 12.0. The number of aliphatic hydroxyl groups excluding tert-OH is 1.